The summed E-state index contributed by atoms with van der Waals surface area (Å²) in [4.78, 5) is 17.4. The second kappa shape index (κ2) is 15.2. The number of fused-ring (bicyclic) bond motifs is 1. The zero-order valence-corrected chi connectivity index (χ0v) is 27.6. The highest BCUT2D eigenvalue weighted by atomic mass is 19.4. The predicted octanol–water partition coefficient (Wildman–Crippen LogP) is 11.8. The lowest BCUT2D eigenvalue weighted by atomic mass is 9.76. The summed E-state index contributed by atoms with van der Waals surface area (Å²) in [6.07, 6.45) is 15.0. The molecule has 2 fully saturated rings. The number of rotatable bonds is 11. The molecule has 2 heterocycles. The standard InChI is InChI=1S/C41H48F3NO2/c1-28(23-31-4-2-3-29(7-8-31)5-6-30-19-21-45-22-20-30)24-38(46)40-27-36-26-33(11-18-39(36)47-40)25-32-9-12-34(13-10-32)35-14-16-37(17-15-35)41(42,43)44/h11,14-22,26-29,31-32,34H,2-10,12-13,23-25H2,1H3. The molecule has 47 heavy (non-hydrogen) atoms. The van der Waals surface area contributed by atoms with E-state index in [2.05, 4.69) is 36.2 Å². The molecule has 2 aromatic carbocycles. The van der Waals surface area contributed by atoms with E-state index in [9.17, 15) is 18.0 Å². The van der Waals surface area contributed by atoms with Gasteiger partial charge in [-0.2, -0.15) is 13.2 Å². The normalized spacial score (nSPS) is 23.0. The van der Waals surface area contributed by atoms with Crippen LogP contribution in [-0.4, -0.2) is 10.8 Å². The van der Waals surface area contributed by atoms with E-state index in [1.165, 1.54) is 61.8 Å². The van der Waals surface area contributed by atoms with Crippen LogP contribution in [-0.2, 0) is 19.0 Å². The summed E-state index contributed by atoms with van der Waals surface area (Å²) < 4.78 is 44.9. The fourth-order valence-corrected chi connectivity index (χ4v) is 8.30. The molecule has 0 radical (unpaired) electrons. The molecule has 4 aromatic rings. The van der Waals surface area contributed by atoms with Crippen LogP contribution in [0.15, 0.2) is 77.5 Å². The van der Waals surface area contributed by atoms with Crippen molar-refractivity contribution in [2.24, 2.45) is 23.7 Å². The van der Waals surface area contributed by atoms with Gasteiger partial charge in [-0.15, -0.1) is 0 Å². The summed E-state index contributed by atoms with van der Waals surface area (Å²) in [5, 5.41) is 0.985. The molecular weight excluding hydrogens is 595 g/mol. The third-order valence-corrected chi connectivity index (χ3v) is 11.0. The molecule has 6 heteroatoms. The number of hydrogen-bond donors (Lipinski definition) is 0. The van der Waals surface area contributed by atoms with Crippen LogP contribution >= 0.6 is 0 Å². The Balaban J connectivity index is 0.953. The fraction of sp³-hybridized carbons (Fsp3) is 0.512. The number of pyridine rings is 1. The molecular formula is C41H48F3NO2. The lowest BCUT2D eigenvalue weighted by Crippen LogP contribution is -2.15. The van der Waals surface area contributed by atoms with Crippen molar-refractivity contribution in [3.8, 4) is 0 Å². The molecule has 0 spiro atoms. The van der Waals surface area contributed by atoms with E-state index in [0.717, 1.165) is 67.4 Å². The van der Waals surface area contributed by atoms with Crippen LogP contribution in [0.2, 0.25) is 0 Å². The number of benzene rings is 2. The van der Waals surface area contributed by atoms with Gasteiger partial charge in [-0.05, 0) is 140 Å². The zero-order chi connectivity index (χ0) is 32.8. The van der Waals surface area contributed by atoms with E-state index in [1.54, 1.807) is 12.1 Å². The van der Waals surface area contributed by atoms with Gasteiger partial charge in [0.15, 0.2) is 11.5 Å². The molecule has 3 nitrogen and oxygen atoms in total. The summed E-state index contributed by atoms with van der Waals surface area (Å²) in [7, 11) is 0. The monoisotopic (exact) mass is 643 g/mol. The van der Waals surface area contributed by atoms with Crippen molar-refractivity contribution in [2.45, 2.75) is 109 Å². The van der Waals surface area contributed by atoms with Crippen molar-refractivity contribution in [2.75, 3.05) is 0 Å². The average Bonchev–Trinajstić information content (AvgIpc) is 3.37. The van der Waals surface area contributed by atoms with E-state index in [0.29, 0.717) is 35.9 Å². The topological polar surface area (TPSA) is 43.1 Å². The molecule has 2 aromatic heterocycles. The number of carbonyl (C=O) groups excluding carboxylic acids is 1. The first-order chi connectivity index (χ1) is 22.7. The molecule has 0 saturated heterocycles. The molecule has 0 N–H and O–H groups in total. The van der Waals surface area contributed by atoms with Crippen molar-refractivity contribution >= 4 is 16.8 Å². The fourth-order valence-electron chi connectivity index (χ4n) is 8.30. The van der Waals surface area contributed by atoms with Gasteiger partial charge in [-0.3, -0.25) is 9.78 Å². The summed E-state index contributed by atoms with van der Waals surface area (Å²) in [5.74, 6) is 3.28. The van der Waals surface area contributed by atoms with Crippen molar-refractivity contribution in [1.82, 2.24) is 4.98 Å². The molecule has 0 bridgehead atoms. The first-order valence-corrected chi connectivity index (χ1v) is 17.8. The number of ketones is 1. The number of Topliss-reactive ketones (excluding diaryl/α,β-unsaturated/α-hetero) is 1. The maximum atomic E-state index is 13.3. The van der Waals surface area contributed by atoms with Gasteiger partial charge in [0.25, 0.3) is 0 Å². The number of carbonyl (C=O) groups is 1. The molecule has 6 rings (SSSR count). The molecule has 2 aliphatic rings. The van der Waals surface area contributed by atoms with E-state index >= 15 is 0 Å². The van der Waals surface area contributed by atoms with Crippen LogP contribution in [0.5, 0.6) is 0 Å². The Labute approximate surface area is 277 Å². The van der Waals surface area contributed by atoms with E-state index in [1.807, 2.05) is 24.5 Å². The van der Waals surface area contributed by atoms with Gasteiger partial charge in [0.05, 0.1) is 5.56 Å². The molecule has 0 aliphatic heterocycles. The summed E-state index contributed by atoms with van der Waals surface area (Å²) >= 11 is 0. The Morgan fingerprint density at radius 2 is 1.53 bits per heavy atom. The predicted molar refractivity (Wildman–Crippen MR) is 181 cm³/mol. The number of aryl methyl sites for hydroxylation is 1. The van der Waals surface area contributed by atoms with Crippen molar-refractivity contribution in [3.63, 3.8) is 0 Å². The largest absolute Gasteiger partial charge is 0.453 e. The number of alkyl halides is 3. The lowest BCUT2D eigenvalue weighted by Gasteiger charge is -2.29. The van der Waals surface area contributed by atoms with Crippen LogP contribution in [0.3, 0.4) is 0 Å². The lowest BCUT2D eigenvalue weighted by molar-refractivity contribution is -0.137. The molecule has 0 amide bonds. The van der Waals surface area contributed by atoms with Crippen LogP contribution in [0.1, 0.15) is 123 Å². The van der Waals surface area contributed by atoms with Gasteiger partial charge in [-0.25, -0.2) is 0 Å². The van der Waals surface area contributed by atoms with Gasteiger partial charge < -0.3 is 4.42 Å². The zero-order valence-electron chi connectivity index (χ0n) is 27.6. The van der Waals surface area contributed by atoms with Gasteiger partial charge in [0.2, 0.25) is 0 Å². The molecule has 250 valence electrons. The van der Waals surface area contributed by atoms with Crippen molar-refractivity contribution in [1.29, 1.82) is 0 Å². The Morgan fingerprint density at radius 1 is 0.830 bits per heavy atom. The average molecular weight is 644 g/mol. The van der Waals surface area contributed by atoms with Crippen LogP contribution in [0, 0.1) is 23.7 Å². The second-order valence-electron chi connectivity index (χ2n) is 14.6. The van der Waals surface area contributed by atoms with Gasteiger partial charge >= 0.3 is 6.18 Å². The van der Waals surface area contributed by atoms with Crippen molar-refractivity contribution < 1.29 is 22.4 Å². The number of halogens is 3. The Hall–Kier alpha value is -3.41. The number of nitrogens with zero attached hydrogens (tertiary/aromatic N) is 1. The quantitative estimate of drug-likeness (QED) is 0.121. The van der Waals surface area contributed by atoms with Gasteiger partial charge in [0, 0.05) is 24.2 Å². The number of aromatic nitrogens is 1. The Bertz CT molecular complexity index is 1580. The minimum absolute atomic E-state index is 0.0979. The Morgan fingerprint density at radius 3 is 2.28 bits per heavy atom. The number of hydrogen-bond acceptors (Lipinski definition) is 3. The van der Waals surface area contributed by atoms with E-state index in [-0.39, 0.29) is 5.78 Å². The summed E-state index contributed by atoms with van der Waals surface area (Å²) in [6.45, 7) is 2.22. The first kappa shape index (κ1) is 33.5. The molecule has 2 saturated carbocycles. The summed E-state index contributed by atoms with van der Waals surface area (Å²) in [5.41, 5.74) is 3.82. The minimum atomic E-state index is -4.29. The van der Waals surface area contributed by atoms with E-state index < -0.39 is 11.7 Å². The minimum Gasteiger partial charge on any atom is -0.453 e. The van der Waals surface area contributed by atoms with Crippen LogP contribution in [0.4, 0.5) is 13.2 Å². The molecule has 3 unspecified atom stereocenters. The molecule has 2 aliphatic carbocycles. The van der Waals surface area contributed by atoms with Gasteiger partial charge in [0.1, 0.15) is 5.58 Å². The third-order valence-electron chi connectivity index (χ3n) is 11.0. The SMILES string of the molecule is CC(CC(=O)c1cc2cc(CC3CCC(c4ccc(C(F)(F)F)cc4)CC3)ccc2o1)CC1CCCC(CCc2ccncc2)CC1. The highest BCUT2D eigenvalue weighted by Crippen LogP contribution is 2.39. The van der Waals surface area contributed by atoms with Crippen LogP contribution in [0.25, 0.3) is 11.0 Å². The Kier molecular flexibility index (Phi) is 10.8. The smallest absolute Gasteiger partial charge is 0.416 e. The second-order valence-corrected chi connectivity index (χ2v) is 14.6. The van der Waals surface area contributed by atoms with E-state index in [4.69, 9.17) is 4.42 Å². The van der Waals surface area contributed by atoms with Crippen molar-refractivity contribution in [3.05, 3.63) is 101 Å². The highest BCUT2D eigenvalue weighted by Gasteiger charge is 2.31. The third kappa shape index (κ3) is 9.15. The van der Waals surface area contributed by atoms with Crippen LogP contribution < -0.4 is 0 Å². The first-order valence-electron chi connectivity index (χ1n) is 17.8. The summed E-state index contributed by atoms with van der Waals surface area (Å²) in [6, 6.07) is 18.2. The maximum Gasteiger partial charge on any atom is 0.416 e. The van der Waals surface area contributed by atoms with Gasteiger partial charge in [-0.1, -0.05) is 57.2 Å². The molecule has 3 atom stereocenters. The number of furan rings is 1. The highest BCUT2D eigenvalue weighted by molar-refractivity contribution is 5.97. The maximum absolute atomic E-state index is 13.3.